The lowest BCUT2D eigenvalue weighted by Crippen LogP contribution is -2.30. The number of ether oxygens (including phenoxy) is 3. The number of carbonyl (C=O) groups is 3. The zero-order valence-electron chi connectivity index (χ0n) is 50.2. The number of hydrogen-bond acceptors (Lipinski definition) is 6. The van der Waals surface area contributed by atoms with Gasteiger partial charge >= 0.3 is 17.9 Å². The van der Waals surface area contributed by atoms with Crippen LogP contribution in [-0.4, -0.2) is 37.2 Å². The predicted octanol–water partition coefficient (Wildman–Crippen LogP) is 22.0. The van der Waals surface area contributed by atoms with E-state index in [4.69, 9.17) is 14.2 Å². The molecule has 0 amide bonds. The van der Waals surface area contributed by atoms with Gasteiger partial charge in [-0.1, -0.05) is 264 Å². The molecule has 77 heavy (non-hydrogen) atoms. The van der Waals surface area contributed by atoms with Gasteiger partial charge in [0.15, 0.2) is 6.10 Å². The highest BCUT2D eigenvalue weighted by molar-refractivity contribution is 5.71. The van der Waals surface area contributed by atoms with Crippen LogP contribution in [0.15, 0.2) is 122 Å². The maximum Gasteiger partial charge on any atom is 0.306 e. The molecule has 0 saturated heterocycles. The van der Waals surface area contributed by atoms with Crippen LogP contribution in [0.2, 0.25) is 0 Å². The Balaban J connectivity index is 4.40. The Hall–Kier alpha value is -4.19. The average molecular weight is 1070 g/mol. The molecule has 0 saturated carbocycles. The zero-order valence-corrected chi connectivity index (χ0v) is 50.2. The molecular weight excluding hydrogens is 949 g/mol. The summed E-state index contributed by atoms with van der Waals surface area (Å²) in [4.78, 5) is 38.3. The molecular formula is C71H118O6. The minimum atomic E-state index is -0.798. The Labute approximate surface area is 475 Å². The molecule has 0 aliphatic rings. The molecule has 0 radical (unpaired) electrons. The number of carbonyl (C=O) groups excluding carboxylic acids is 3. The topological polar surface area (TPSA) is 78.9 Å². The van der Waals surface area contributed by atoms with Gasteiger partial charge in [-0.2, -0.15) is 0 Å². The summed E-state index contributed by atoms with van der Waals surface area (Å²) in [5.41, 5.74) is 0. The third-order valence-corrected chi connectivity index (χ3v) is 13.4. The van der Waals surface area contributed by atoms with Gasteiger partial charge in [-0.3, -0.25) is 14.4 Å². The fourth-order valence-corrected chi connectivity index (χ4v) is 8.63. The Bertz CT molecular complexity index is 1600. The summed E-state index contributed by atoms with van der Waals surface area (Å²) in [6.07, 6.45) is 89.1. The average Bonchev–Trinajstić information content (AvgIpc) is 3.43. The summed E-state index contributed by atoms with van der Waals surface area (Å²) in [5, 5.41) is 0. The van der Waals surface area contributed by atoms with Crippen molar-refractivity contribution >= 4 is 17.9 Å². The SMILES string of the molecule is CC/C=C\C/C=C\C/C=C\C/C=C\C/C=C\CCCCCCCCCC(=O)OCC(COC(=O)CCCCCCC/C=C\C/C=C\CCC)OC(=O)CCCCCCCCCC/C=C\C/C=C\C/C=C\CCCCCCC. The number of allylic oxidation sites excluding steroid dienone is 20. The molecule has 1 atom stereocenters. The van der Waals surface area contributed by atoms with Crippen LogP contribution < -0.4 is 0 Å². The van der Waals surface area contributed by atoms with E-state index in [2.05, 4.69) is 142 Å². The Morgan fingerprint density at radius 1 is 0.273 bits per heavy atom. The molecule has 0 aliphatic carbocycles. The summed E-state index contributed by atoms with van der Waals surface area (Å²) < 4.78 is 16.9. The molecule has 0 bridgehead atoms. The molecule has 6 nitrogen and oxygen atoms in total. The second-order valence-corrected chi connectivity index (χ2v) is 20.9. The molecule has 0 aromatic heterocycles. The minimum absolute atomic E-state index is 0.0940. The highest BCUT2D eigenvalue weighted by Crippen LogP contribution is 2.15. The molecule has 0 fully saturated rings. The summed E-state index contributed by atoms with van der Waals surface area (Å²) in [6, 6.07) is 0. The van der Waals surface area contributed by atoms with Crippen molar-refractivity contribution in [2.24, 2.45) is 0 Å². The first-order valence-electron chi connectivity index (χ1n) is 32.0. The molecule has 0 aromatic rings. The summed E-state index contributed by atoms with van der Waals surface area (Å²) in [7, 11) is 0. The number of unbranched alkanes of at least 4 members (excludes halogenated alkanes) is 26. The van der Waals surface area contributed by atoms with E-state index in [1.807, 2.05) is 0 Å². The van der Waals surface area contributed by atoms with Gasteiger partial charge in [-0.05, 0) is 128 Å². The molecule has 0 heterocycles. The molecule has 0 rings (SSSR count). The smallest absolute Gasteiger partial charge is 0.306 e. The van der Waals surface area contributed by atoms with Crippen molar-refractivity contribution in [2.75, 3.05) is 13.2 Å². The van der Waals surface area contributed by atoms with Crippen LogP contribution in [0.5, 0.6) is 0 Å². The summed E-state index contributed by atoms with van der Waals surface area (Å²) >= 11 is 0. The van der Waals surface area contributed by atoms with Crippen molar-refractivity contribution < 1.29 is 28.6 Å². The van der Waals surface area contributed by atoms with Gasteiger partial charge in [-0.15, -0.1) is 0 Å². The van der Waals surface area contributed by atoms with E-state index in [0.717, 1.165) is 148 Å². The quantitative estimate of drug-likeness (QED) is 0.0261. The highest BCUT2D eigenvalue weighted by Gasteiger charge is 2.19. The lowest BCUT2D eigenvalue weighted by molar-refractivity contribution is -0.167. The van der Waals surface area contributed by atoms with Crippen LogP contribution in [0.4, 0.5) is 0 Å². The van der Waals surface area contributed by atoms with Crippen molar-refractivity contribution in [3.8, 4) is 0 Å². The first kappa shape index (κ1) is 72.8. The van der Waals surface area contributed by atoms with E-state index < -0.39 is 6.10 Å². The van der Waals surface area contributed by atoms with Crippen LogP contribution in [0, 0.1) is 0 Å². The number of rotatable bonds is 57. The third-order valence-electron chi connectivity index (χ3n) is 13.4. The molecule has 1 unspecified atom stereocenters. The van der Waals surface area contributed by atoms with Crippen molar-refractivity contribution in [3.05, 3.63) is 122 Å². The van der Waals surface area contributed by atoms with Crippen molar-refractivity contribution in [3.63, 3.8) is 0 Å². The maximum atomic E-state index is 12.9. The fourth-order valence-electron chi connectivity index (χ4n) is 8.63. The van der Waals surface area contributed by atoms with E-state index in [1.54, 1.807) is 0 Å². The molecule has 0 N–H and O–H groups in total. The first-order valence-corrected chi connectivity index (χ1v) is 32.0. The van der Waals surface area contributed by atoms with Gasteiger partial charge in [0.05, 0.1) is 0 Å². The van der Waals surface area contributed by atoms with Crippen LogP contribution in [0.1, 0.15) is 290 Å². The second-order valence-electron chi connectivity index (χ2n) is 20.9. The molecule has 0 spiro atoms. The van der Waals surface area contributed by atoms with Crippen LogP contribution >= 0.6 is 0 Å². The highest BCUT2D eigenvalue weighted by atomic mass is 16.6. The lowest BCUT2D eigenvalue weighted by Gasteiger charge is -2.18. The van der Waals surface area contributed by atoms with E-state index in [9.17, 15) is 14.4 Å². The minimum Gasteiger partial charge on any atom is -0.462 e. The van der Waals surface area contributed by atoms with E-state index in [0.29, 0.717) is 19.3 Å². The third kappa shape index (κ3) is 62.5. The Kier molecular flexibility index (Phi) is 60.8. The molecule has 0 aliphatic heterocycles. The van der Waals surface area contributed by atoms with Gasteiger partial charge in [0.1, 0.15) is 13.2 Å². The van der Waals surface area contributed by atoms with Crippen LogP contribution in [0.25, 0.3) is 0 Å². The van der Waals surface area contributed by atoms with Crippen molar-refractivity contribution in [1.29, 1.82) is 0 Å². The van der Waals surface area contributed by atoms with Gasteiger partial charge in [0.2, 0.25) is 0 Å². The summed E-state index contributed by atoms with van der Waals surface area (Å²) in [6.45, 7) is 6.44. The van der Waals surface area contributed by atoms with E-state index in [-0.39, 0.29) is 31.1 Å². The number of hydrogen-bond donors (Lipinski definition) is 0. The van der Waals surface area contributed by atoms with Crippen LogP contribution in [0.3, 0.4) is 0 Å². The first-order chi connectivity index (χ1) is 38.0. The maximum absolute atomic E-state index is 12.9. The van der Waals surface area contributed by atoms with Gasteiger partial charge in [0, 0.05) is 19.3 Å². The number of esters is 3. The van der Waals surface area contributed by atoms with Crippen molar-refractivity contribution in [1.82, 2.24) is 0 Å². The fraction of sp³-hybridized carbons (Fsp3) is 0.676. The molecule has 438 valence electrons. The van der Waals surface area contributed by atoms with Gasteiger partial charge < -0.3 is 14.2 Å². The normalized spacial score (nSPS) is 12.9. The largest absolute Gasteiger partial charge is 0.462 e. The van der Waals surface area contributed by atoms with Gasteiger partial charge in [-0.25, -0.2) is 0 Å². The zero-order chi connectivity index (χ0) is 55.7. The van der Waals surface area contributed by atoms with Crippen LogP contribution in [-0.2, 0) is 28.6 Å². The standard InChI is InChI=1S/C71H118O6/c1-4-7-10-13-16-19-22-25-27-29-31-33-35-37-39-41-43-46-49-52-55-58-61-64-70(73)76-67-68(66-75-69(72)63-60-57-54-51-48-45-24-21-18-15-12-9-6-3)77-71(74)65-62-59-56-53-50-47-44-42-40-38-36-34-32-30-28-26-23-20-17-14-11-8-5-2/h7,10,12,15-16,19,21,23-27,30-33,36-39,68H,4-6,8-9,11,13-14,17-18,20,22,28-29,34-35,40-67H2,1-3H3/b10-7-,15-12-,19-16-,24-21-,26-23-,27-25-,32-30-,33-31-,38-36-,39-37-. The van der Waals surface area contributed by atoms with Crippen molar-refractivity contribution in [2.45, 2.75) is 297 Å². The predicted molar refractivity (Wildman–Crippen MR) is 334 cm³/mol. The molecule has 6 heteroatoms. The Morgan fingerprint density at radius 2 is 0.532 bits per heavy atom. The lowest BCUT2D eigenvalue weighted by atomic mass is 10.1. The van der Waals surface area contributed by atoms with Gasteiger partial charge in [0.25, 0.3) is 0 Å². The van der Waals surface area contributed by atoms with E-state index >= 15 is 0 Å². The monoisotopic (exact) mass is 1070 g/mol. The molecule has 0 aromatic carbocycles. The Morgan fingerprint density at radius 3 is 0.844 bits per heavy atom. The second kappa shape index (κ2) is 64.3. The van der Waals surface area contributed by atoms with E-state index in [1.165, 1.54) is 103 Å². The summed E-state index contributed by atoms with van der Waals surface area (Å²) in [5.74, 6) is -0.922.